The molecule has 0 spiro atoms. The minimum Gasteiger partial charge on any atom is -0.496 e. The number of carbonyl (C=O) groups is 1. The zero-order valence-corrected chi connectivity index (χ0v) is 12.1. The van der Waals surface area contributed by atoms with E-state index in [0.717, 1.165) is 26.3 Å². The van der Waals surface area contributed by atoms with Gasteiger partial charge in [-0.25, -0.2) is 0 Å². The van der Waals surface area contributed by atoms with Crippen molar-refractivity contribution in [2.75, 3.05) is 7.11 Å². The van der Waals surface area contributed by atoms with Crippen molar-refractivity contribution >= 4 is 34.0 Å². The molecule has 0 aliphatic rings. The van der Waals surface area contributed by atoms with Crippen LogP contribution in [0.3, 0.4) is 0 Å². The highest BCUT2D eigenvalue weighted by Crippen LogP contribution is 2.35. The van der Waals surface area contributed by atoms with Gasteiger partial charge in [-0.2, -0.15) is 0 Å². The Labute approximate surface area is 118 Å². The number of ether oxygens (including phenoxy) is 1. The molecule has 0 unspecified atom stereocenters. The van der Waals surface area contributed by atoms with Crippen molar-refractivity contribution in [2.24, 2.45) is 0 Å². The Hall–Kier alpha value is -1.26. The Morgan fingerprint density at radius 2 is 2.00 bits per heavy atom. The van der Waals surface area contributed by atoms with Crippen molar-refractivity contribution in [1.29, 1.82) is 0 Å². The Morgan fingerprint density at radius 3 is 2.67 bits per heavy atom. The summed E-state index contributed by atoms with van der Waals surface area (Å²) < 4.78 is 6.11. The minimum atomic E-state index is 0.652. The Bertz CT molecular complexity index is 569. The second kappa shape index (κ2) is 6.07. The van der Waals surface area contributed by atoms with Crippen LogP contribution >= 0.6 is 27.7 Å². The predicted octanol–water partition coefficient (Wildman–Crippen LogP) is 4.42. The van der Waals surface area contributed by atoms with Crippen LogP contribution in [0.5, 0.6) is 5.75 Å². The van der Waals surface area contributed by atoms with Crippen LogP contribution in [0.4, 0.5) is 0 Å². The quantitative estimate of drug-likeness (QED) is 0.779. The third kappa shape index (κ3) is 2.94. The van der Waals surface area contributed by atoms with Crippen LogP contribution in [0, 0.1) is 0 Å². The van der Waals surface area contributed by atoms with Crippen molar-refractivity contribution in [3.8, 4) is 5.75 Å². The lowest BCUT2D eigenvalue weighted by Crippen LogP contribution is -1.86. The van der Waals surface area contributed by atoms with Gasteiger partial charge in [0.15, 0.2) is 6.29 Å². The van der Waals surface area contributed by atoms with Gasteiger partial charge >= 0.3 is 0 Å². The SMILES string of the molecule is COc1ccccc1Sc1ccc(C=O)c(Br)c1. The molecular weight excluding hydrogens is 312 g/mol. The summed E-state index contributed by atoms with van der Waals surface area (Å²) in [5.41, 5.74) is 0.652. The molecule has 0 aliphatic carbocycles. The topological polar surface area (TPSA) is 26.3 Å². The zero-order valence-electron chi connectivity index (χ0n) is 9.72. The Morgan fingerprint density at radius 1 is 1.22 bits per heavy atom. The van der Waals surface area contributed by atoms with Crippen LogP contribution in [0.25, 0.3) is 0 Å². The molecular formula is C14H11BrO2S. The molecule has 0 radical (unpaired) electrons. The van der Waals surface area contributed by atoms with Crippen molar-refractivity contribution in [2.45, 2.75) is 9.79 Å². The number of hydrogen-bond acceptors (Lipinski definition) is 3. The molecule has 2 aromatic rings. The van der Waals surface area contributed by atoms with Gasteiger partial charge in [0.1, 0.15) is 5.75 Å². The molecule has 2 nitrogen and oxygen atoms in total. The van der Waals surface area contributed by atoms with E-state index in [1.165, 1.54) is 0 Å². The summed E-state index contributed by atoms with van der Waals surface area (Å²) in [6.45, 7) is 0. The van der Waals surface area contributed by atoms with Gasteiger partial charge in [0.25, 0.3) is 0 Å². The maximum atomic E-state index is 10.7. The average molecular weight is 323 g/mol. The molecule has 0 fully saturated rings. The molecule has 0 aliphatic heterocycles. The normalized spacial score (nSPS) is 10.1. The number of benzene rings is 2. The van der Waals surface area contributed by atoms with Crippen LogP contribution in [-0.2, 0) is 0 Å². The molecule has 0 aromatic heterocycles. The molecule has 0 amide bonds. The number of carbonyl (C=O) groups excluding carboxylic acids is 1. The van der Waals surface area contributed by atoms with Crippen molar-refractivity contribution in [1.82, 2.24) is 0 Å². The lowest BCUT2D eigenvalue weighted by Gasteiger charge is -2.08. The van der Waals surface area contributed by atoms with Crippen molar-refractivity contribution < 1.29 is 9.53 Å². The summed E-state index contributed by atoms with van der Waals surface area (Å²) in [4.78, 5) is 12.8. The van der Waals surface area contributed by atoms with E-state index < -0.39 is 0 Å². The first kappa shape index (κ1) is 13.2. The van der Waals surface area contributed by atoms with E-state index in [-0.39, 0.29) is 0 Å². The average Bonchev–Trinajstić information content (AvgIpc) is 2.39. The van der Waals surface area contributed by atoms with Gasteiger partial charge in [-0.05, 0) is 30.3 Å². The first-order valence-corrected chi connectivity index (χ1v) is 6.91. The molecule has 0 saturated carbocycles. The third-order valence-electron chi connectivity index (χ3n) is 2.40. The molecule has 92 valence electrons. The lowest BCUT2D eigenvalue weighted by molar-refractivity contribution is 0.112. The van der Waals surface area contributed by atoms with Gasteiger partial charge in [0.05, 0.1) is 12.0 Å². The maximum Gasteiger partial charge on any atom is 0.151 e. The summed E-state index contributed by atoms with van der Waals surface area (Å²) in [6, 6.07) is 13.5. The molecule has 4 heteroatoms. The first-order chi connectivity index (χ1) is 8.74. The zero-order chi connectivity index (χ0) is 13.0. The minimum absolute atomic E-state index is 0.652. The number of hydrogen-bond donors (Lipinski definition) is 0. The van der Waals surface area contributed by atoms with E-state index >= 15 is 0 Å². The van der Waals surface area contributed by atoms with E-state index in [9.17, 15) is 4.79 Å². The first-order valence-electron chi connectivity index (χ1n) is 5.30. The van der Waals surface area contributed by atoms with Crippen LogP contribution in [-0.4, -0.2) is 13.4 Å². The second-order valence-corrected chi connectivity index (χ2v) is 5.52. The van der Waals surface area contributed by atoms with Crippen LogP contribution < -0.4 is 4.74 Å². The van der Waals surface area contributed by atoms with Gasteiger partial charge in [-0.15, -0.1) is 0 Å². The van der Waals surface area contributed by atoms with E-state index in [0.29, 0.717) is 5.56 Å². The highest BCUT2D eigenvalue weighted by atomic mass is 79.9. The predicted molar refractivity (Wildman–Crippen MR) is 76.6 cm³/mol. The lowest BCUT2D eigenvalue weighted by atomic mass is 10.2. The largest absolute Gasteiger partial charge is 0.496 e. The standard InChI is InChI=1S/C14H11BrO2S/c1-17-13-4-2-3-5-14(13)18-11-7-6-10(9-16)12(15)8-11/h2-9H,1H3. The number of para-hydroxylation sites is 1. The highest BCUT2D eigenvalue weighted by molar-refractivity contribution is 9.10. The fourth-order valence-corrected chi connectivity index (χ4v) is 3.09. The Balaban J connectivity index is 2.28. The van der Waals surface area contributed by atoms with Crippen molar-refractivity contribution in [3.63, 3.8) is 0 Å². The smallest absolute Gasteiger partial charge is 0.151 e. The highest BCUT2D eigenvalue weighted by Gasteiger charge is 2.06. The Kier molecular flexibility index (Phi) is 4.44. The van der Waals surface area contributed by atoms with Crippen LogP contribution in [0.15, 0.2) is 56.7 Å². The summed E-state index contributed by atoms with van der Waals surface area (Å²) in [6.07, 6.45) is 0.835. The number of rotatable bonds is 4. The molecule has 0 N–H and O–H groups in total. The van der Waals surface area contributed by atoms with Crippen LogP contribution in [0.2, 0.25) is 0 Å². The van der Waals surface area contributed by atoms with Crippen molar-refractivity contribution in [3.05, 3.63) is 52.5 Å². The third-order valence-corrected chi connectivity index (χ3v) is 4.13. The monoisotopic (exact) mass is 322 g/mol. The molecule has 0 saturated heterocycles. The molecule has 2 aromatic carbocycles. The number of halogens is 1. The molecule has 18 heavy (non-hydrogen) atoms. The number of aldehydes is 1. The maximum absolute atomic E-state index is 10.7. The summed E-state index contributed by atoms with van der Waals surface area (Å²) in [5, 5.41) is 0. The van der Waals surface area contributed by atoms with Gasteiger partial charge < -0.3 is 4.74 Å². The van der Waals surface area contributed by atoms with Gasteiger partial charge in [-0.1, -0.05) is 39.8 Å². The summed E-state index contributed by atoms with van der Waals surface area (Å²) in [5.74, 6) is 0.845. The molecule has 2 rings (SSSR count). The van der Waals surface area contributed by atoms with Crippen LogP contribution in [0.1, 0.15) is 10.4 Å². The van der Waals surface area contributed by atoms with E-state index in [4.69, 9.17) is 4.74 Å². The summed E-state index contributed by atoms with van der Waals surface area (Å²) in [7, 11) is 1.66. The van der Waals surface area contributed by atoms with Gasteiger partial charge in [0, 0.05) is 14.9 Å². The molecule has 0 heterocycles. The van der Waals surface area contributed by atoms with Gasteiger partial charge in [0.2, 0.25) is 0 Å². The molecule has 0 bridgehead atoms. The fraction of sp³-hybridized carbons (Fsp3) is 0.0714. The fourth-order valence-electron chi connectivity index (χ4n) is 1.50. The van der Waals surface area contributed by atoms with E-state index in [1.54, 1.807) is 24.9 Å². The second-order valence-electron chi connectivity index (χ2n) is 3.55. The van der Waals surface area contributed by atoms with E-state index in [1.807, 2.05) is 36.4 Å². The van der Waals surface area contributed by atoms with E-state index in [2.05, 4.69) is 15.9 Å². The summed E-state index contributed by atoms with van der Waals surface area (Å²) >= 11 is 4.98. The molecule has 0 atom stereocenters. The van der Waals surface area contributed by atoms with Gasteiger partial charge in [-0.3, -0.25) is 4.79 Å². The number of methoxy groups -OCH3 is 1.